The molecule has 6 nitrogen and oxygen atoms in total. The second-order valence-electron chi connectivity index (χ2n) is 6.82. The Morgan fingerprint density at radius 3 is 2.62 bits per heavy atom. The van der Waals surface area contributed by atoms with E-state index in [-0.39, 0.29) is 12.4 Å². The minimum absolute atomic E-state index is 0. The summed E-state index contributed by atoms with van der Waals surface area (Å²) in [6.07, 6.45) is 1.83. The number of nitrogens with zero attached hydrogens (tertiary/aromatic N) is 4. The number of anilines is 1. The number of thiophene rings is 1. The first-order valence-corrected chi connectivity index (χ1v) is 10.6. The van der Waals surface area contributed by atoms with E-state index in [1.54, 1.807) is 18.4 Å². The van der Waals surface area contributed by atoms with E-state index in [0.717, 1.165) is 49.8 Å². The molecule has 1 aliphatic rings. The fourth-order valence-electron chi connectivity index (χ4n) is 3.44. The molecule has 29 heavy (non-hydrogen) atoms. The maximum atomic E-state index is 5.57. The number of halogens is 1. The number of hydrogen-bond acceptors (Lipinski definition) is 7. The lowest BCUT2D eigenvalue weighted by molar-refractivity contribution is 0.144. The van der Waals surface area contributed by atoms with Gasteiger partial charge in [-0.05, 0) is 35.5 Å². The van der Waals surface area contributed by atoms with Gasteiger partial charge in [-0.3, -0.25) is 0 Å². The Morgan fingerprint density at radius 1 is 1.10 bits per heavy atom. The van der Waals surface area contributed by atoms with Crippen molar-refractivity contribution in [2.45, 2.75) is 6.92 Å². The van der Waals surface area contributed by atoms with Crippen LogP contribution in [0.1, 0.15) is 6.92 Å². The Labute approximate surface area is 181 Å². The number of fused-ring (bicyclic) bond motifs is 1. The molecule has 1 aliphatic heterocycles. The molecule has 0 atom stereocenters. The van der Waals surface area contributed by atoms with Gasteiger partial charge in [0.25, 0.3) is 0 Å². The first kappa shape index (κ1) is 21.8. The van der Waals surface area contributed by atoms with Crippen molar-refractivity contribution < 1.29 is 9.47 Å². The fraction of sp³-hybridized carbons (Fsp3) is 0.429. The molecule has 0 aromatic carbocycles. The van der Waals surface area contributed by atoms with E-state index in [0.29, 0.717) is 19.1 Å². The van der Waals surface area contributed by atoms with Crippen LogP contribution in [0, 0.1) is 0 Å². The molecule has 0 unspecified atom stereocenters. The molecular weight excluding hydrogens is 408 g/mol. The van der Waals surface area contributed by atoms with Gasteiger partial charge >= 0.3 is 0 Å². The molecule has 3 aromatic heterocycles. The first-order valence-electron chi connectivity index (χ1n) is 9.72. The molecule has 4 heterocycles. The van der Waals surface area contributed by atoms with Gasteiger partial charge in [0.15, 0.2) is 0 Å². The number of rotatable bonds is 7. The monoisotopic (exact) mass is 434 g/mol. The molecule has 0 bridgehead atoms. The number of aromatic nitrogens is 2. The predicted molar refractivity (Wildman–Crippen MR) is 122 cm³/mol. The summed E-state index contributed by atoms with van der Waals surface area (Å²) in [5.41, 5.74) is 1.95. The summed E-state index contributed by atoms with van der Waals surface area (Å²) >= 11 is 1.77. The third kappa shape index (κ3) is 4.98. The average Bonchev–Trinajstić information content (AvgIpc) is 3.23. The highest BCUT2D eigenvalue weighted by molar-refractivity contribution is 7.17. The van der Waals surface area contributed by atoms with Gasteiger partial charge in [-0.2, -0.15) is 0 Å². The average molecular weight is 435 g/mol. The van der Waals surface area contributed by atoms with E-state index in [1.165, 1.54) is 10.1 Å². The van der Waals surface area contributed by atoms with Gasteiger partial charge in [0.2, 0.25) is 5.88 Å². The van der Waals surface area contributed by atoms with Gasteiger partial charge in [0, 0.05) is 51.1 Å². The van der Waals surface area contributed by atoms with Crippen molar-refractivity contribution in [1.82, 2.24) is 14.9 Å². The summed E-state index contributed by atoms with van der Waals surface area (Å²) < 4.78 is 11.8. The van der Waals surface area contributed by atoms with E-state index in [4.69, 9.17) is 14.5 Å². The van der Waals surface area contributed by atoms with Crippen LogP contribution in [-0.4, -0.2) is 67.9 Å². The van der Waals surface area contributed by atoms with Crippen LogP contribution < -0.4 is 9.64 Å². The highest BCUT2D eigenvalue weighted by Crippen LogP contribution is 2.34. The smallest absolute Gasteiger partial charge is 0.213 e. The Balaban J connectivity index is 0.00000240. The summed E-state index contributed by atoms with van der Waals surface area (Å²) in [6, 6.07) is 8.24. The standard InChI is InChI=1S/C21H26N4O2S.ClH/c1-3-24-7-9-25(10-8-24)21-20-16(6-13-28-20)14-18(23-21)17-4-5-19(22-15-17)27-12-11-26-2;/h4-6,13-15H,3,7-12H2,1-2H3;1H. The molecular formula is C21H27ClN4O2S. The van der Waals surface area contributed by atoms with E-state index in [2.05, 4.69) is 39.2 Å². The second-order valence-corrected chi connectivity index (χ2v) is 7.73. The molecule has 0 saturated carbocycles. The van der Waals surface area contributed by atoms with E-state index < -0.39 is 0 Å². The lowest BCUT2D eigenvalue weighted by Gasteiger charge is -2.35. The number of hydrogen-bond donors (Lipinski definition) is 0. The zero-order valence-corrected chi connectivity index (χ0v) is 18.5. The maximum absolute atomic E-state index is 5.57. The fourth-order valence-corrected chi connectivity index (χ4v) is 4.34. The summed E-state index contributed by atoms with van der Waals surface area (Å²) in [6.45, 7) is 8.59. The van der Waals surface area contributed by atoms with Crippen molar-refractivity contribution in [3.05, 3.63) is 35.8 Å². The quantitative estimate of drug-likeness (QED) is 0.525. The molecule has 156 valence electrons. The van der Waals surface area contributed by atoms with Crippen LogP contribution in [0.3, 0.4) is 0 Å². The van der Waals surface area contributed by atoms with Crippen LogP contribution in [0.5, 0.6) is 5.88 Å². The molecule has 0 aliphatic carbocycles. The zero-order chi connectivity index (χ0) is 19.3. The molecule has 0 amide bonds. The molecule has 1 fully saturated rings. The van der Waals surface area contributed by atoms with Crippen LogP contribution in [0.4, 0.5) is 5.82 Å². The SMILES string of the molecule is CCN1CCN(c2nc(-c3ccc(OCCOC)nc3)cc3ccsc23)CC1.Cl. The van der Waals surface area contributed by atoms with E-state index >= 15 is 0 Å². The Bertz CT molecular complexity index is 911. The number of methoxy groups -OCH3 is 1. The summed E-state index contributed by atoms with van der Waals surface area (Å²) in [5.74, 6) is 1.70. The molecule has 0 radical (unpaired) electrons. The molecule has 0 N–H and O–H groups in total. The minimum Gasteiger partial charge on any atom is -0.475 e. The summed E-state index contributed by atoms with van der Waals surface area (Å²) in [5, 5.41) is 3.38. The predicted octanol–water partition coefficient (Wildman–Crippen LogP) is 3.95. The third-order valence-corrected chi connectivity index (χ3v) is 6.03. The lowest BCUT2D eigenvalue weighted by Crippen LogP contribution is -2.46. The molecule has 3 aromatic rings. The van der Waals surface area contributed by atoms with Gasteiger partial charge in [0.05, 0.1) is 17.0 Å². The Morgan fingerprint density at radius 2 is 1.93 bits per heavy atom. The number of likely N-dealkylation sites (N-methyl/N-ethyl adjacent to an activating group) is 1. The van der Waals surface area contributed by atoms with Crippen molar-refractivity contribution in [2.75, 3.05) is 57.9 Å². The summed E-state index contributed by atoms with van der Waals surface area (Å²) in [4.78, 5) is 14.4. The first-order chi connectivity index (χ1) is 13.8. The normalized spacial score (nSPS) is 14.8. The van der Waals surface area contributed by atoms with Crippen LogP contribution in [-0.2, 0) is 4.74 Å². The highest BCUT2D eigenvalue weighted by Gasteiger charge is 2.20. The third-order valence-electron chi connectivity index (χ3n) is 5.11. The number of ether oxygens (including phenoxy) is 2. The van der Waals surface area contributed by atoms with Crippen molar-refractivity contribution in [3.8, 4) is 17.1 Å². The summed E-state index contributed by atoms with van der Waals surface area (Å²) in [7, 11) is 1.66. The highest BCUT2D eigenvalue weighted by atomic mass is 35.5. The van der Waals surface area contributed by atoms with Gasteiger partial charge in [-0.1, -0.05) is 6.92 Å². The van der Waals surface area contributed by atoms with Crippen molar-refractivity contribution in [1.29, 1.82) is 0 Å². The Kier molecular flexibility index (Phi) is 7.66. The largest absolute Gasteiger partial charge is 0.475 e. The van der Waals surface area contributed by atoms with Gasteiger partial charge in [0.1, 0.15) is 12.4 Å². The zero-order valence-electron chi connectivity index (χ0n) is 16.8. The van der Waals surface area contributed by atoms with Gasteiger partial charge < -0.3 is 19.3 Å². The van der Waals surface area contributed by atoms with Crippen LogP contribution in [0.15, 0.2) is 35.8 Å². The molecule has 0 spiro atoms. The van der Waals surface area contributed by atoms with E-state index in [1.807, 2.05) is 18.3 Å². The minimum atomic E-state index is 0. The van der Waals surface area contributed by atoms with Gasteiger partial charge in [-0.15, -0.1) is 23.7 Å². The lowest BCUT2D eigenvalue weighted by atomic mass is 10.1. The second kappa shape index (κ2) is 10.2. The molecule has 8 heteroatoms. The number of piperazine rings is 1. The van der Waals surface area contributed by atoms with Crippen LogP contribution in [0.2, 0.25) is 0 Å². The van der Waals surface area contributed by atoms with Crippen LogP contribution in [0.25, 0.3) is 21.3 Å². The topological polar surface area (TPSA) is 50.7 Å². The number of pyridine rings is 2. The van der Waals surface area contributed by atoms with Crippen LogP contribution >= 0.6 is 23.7 Å². The van der Waals surface area contributed by atoms with Crippen molar-refractivity contribution in [2.24, 2.45) is 0 Å². The van der Waals surface area contributed by atoms with Crippen molar-refractivity contribution in [3.63, 3.8) is 0 Å². The maximum Gasteiger partial charge on any atom is 0.213 e. The molecule has 4 rings (SSSR count). The Hall–Kier alpha value is -1.93. The van der Waals surface area contributed by atoms with Crippen molar-refractivity contribution >= 4 is 39.6 Å². The van der Waals surface area contributed by atoms with Gasteiger partial charge in [-0.25, -0.2) is 9.97 Å². The molecule has 1 saturated heterocycles. The van der Waals surface area contributed by atoms with E-state index in [9.17, 15) is 0 Å².